The summed E-state index contributed by atoms with van der Waals surface area (Å²) in [6.07, 6.45) is -1.50. The predicted octanol–water partition coefficient (Wildman–Crippen LogP) is 2.78. The number of carbonyl (C=O) groups excluding carboxylic acids is 2. The summed E-state index contributed by atoms with van der Waals surface area (Å²) in [5.41, 5.74) is 4.98. The van der Waals surface area contributed by atoms with Gasteiger partial charge in [0.2, 0.25) is 5.76 Å². The van der Waals surface area contributed by atoms with Crippen LogP contribution >= 0.6 is 11.6 Å². The van der Waals surface area contributed by atoms with Gasteiger partial charge < -0.3 is 24.2 Å². The van der Waals surface area contributed by atoms with Crippen molar-refractivity contribution in [1.82, 2.24) is 15.6 Å². The number of esters is 1. The van der Waals surface area contributed by atoms with E-state index < -0.39 is 23.9 Å². The fourth-order valence-electron chi connectivity index (χ4n) is 3.16. The SMILES string of the molecule is CCOC(=O)C(O)CN(Cc1ccc(-c2cc(Cl)ccc2OC)cc1)NC(=O)c1cc(O)no1. The lowest BCUT2D eigenvalue weighted by Crippen LogP contribution is -2.47. The average Bonchev–Trinajstić information content (AvgIpc) is 3.26. The third kappa shape index (κ3) is 6.47. The monoisotopic (exact) mass is 489 g/mol. The van der Waals surface area contributed by atoms with Crippen molar-refractivity contribution in [2.75, 3.05) is 20.3 Å². The number of amides is 1. The number of ether oxygens (including phenoxy) is 2. The first-order valence-electron chi connectivity index (χ1n) is 10.3. The summed E-state index contributed by atoms with van der Waals surface area (Å²) in [5.74, 6) is -1.56. The third-order valence-corrected chi connectivity index (χ3v) is 4.97. The highest BCUT2D eigenvalue weighted by atomic mass is 35.5. The van der Waals surface area contributed by atoms with Gasteiger partial charge in [-0.3, -0.25) is 10.2 Å². The summed E-state index contributed by atoms with van der Waals surface area (Å²) >= 11 is 6.13. The first-order chi connectivity index (χ1) is 16.3. The van der Waals surface area contributed by atoms with Crippen molar-refractivity contribution in [3.05, 3.63) is 64.9 Å². The standard InChI is InChI=1S/C23H24ClN3O7/c1-3-33-23(31)18(28)13-27(25-22(30)20-11-21(29)26-34-20)12-14-4-6-15(7-5-14)17-10-16(24)8-9-19(17)32-2/h4-11,18,28H,3,12-13H2,1-2H3,(H,25,30)(H,26,29). The van der Waals surface area contributed by atoms with Crippen molar-refractivity contribution in [2.24, 2.45) is 0 Å². The van der Waals surface area contributed by atoms with Crippen LogP contribution in [0.25, 0.3) is 11.1 Å². The van der Waals surface area contributed by atoms with E-state index in [1.54, 1.807) is 32.2 Å². The van der Waals surface area contributed by atoms with Crippen LogP contribution in [0.4, 0.5) is 0 Å². The van der Waals surface area contributed by atoms with Gasteiger partial charge >= 0.3 is 11.9 Å². The molecule has 10 nitrogen and oxygen atoms in total. The molecule has 1 aromatic heterocycles. The number of nitrogens with zero attached hydrogens (tertiary/aromatic N) is 2. The Hall–Kier alpha value is -3.60. The first kappa shape index (κ1) is 25.0. The molecule has 1 unspecified atom stereocenters. The Labute approximate surface area is 200 Å². The molecule has 0 spiro atoms. The minimum Gasteiger partial charge on any atom is -0.496 e. The zero-order chi connectivity index (χ0) is 24.7. The number of aromatic nitrogens is 1. The Bertz CT molecular complexity index is 1130. The summed E-state index contributed by atoms with van der Waals surface area (Å²) in [4.78, 5) is 24.3. The van der Waals surface area contributed by atoms with E-state index >= 15 is 0 Å². The van der Waals surface area contributed by atoms with E-state index in [1.165, 1.54) is 5.01 Å². The molecule has 180 valence electrons. The quantitative estimate of drug-likeness (QED) is 0.290. The Morgan fingerprint density at radius 1 is 1.21 bits per heavy atom. The van der Waals surface area contributed by atoms with Crippen LogP contribution in [0.2, 0.25) is 5.02 Å². The van der Waals surface area contributed by atoms with Crippen LogP contribution in [0.1, 0.15) is 23.0 Å². The molecule has 0 aliphatic rings. The maximum atomic E-state index is 12.5. The number of hydrogen-bond donors (Lipinski definition) is 3. The van der Waals surface area contributed by atoms with Crippen LogP contribution in [0.5, 0.6) is 11.6 Å². The summed E-state index contributed by atoms with van der Waals surface area (Å²) in [5, 5.41) is 24.7. The maximum Gasteiger partial charge on any atom is 0.336 e. The van der Waals surface area contributed by atoms with Crippen molar-refractivity contribution in [1.29, 1.82) is 0 Å². The topological polar surface area (TPSA) is 134 Å². The lowest BCUT2D eigenvalue weighted by atomic mass is 10.0. The molecule has 0 aliphatic carbocycles. The molecule has 0 fully saturated rings. The van der Waals surface area contributed by atoms with Crippen molar-refractivity contribution < 1.29 is 33.8 Å². The third-order valence-electron chi connectivity index (χ3n) is 4.73. The second kappa shape index (κ2) is 11.5. The van der Waals surface area contributed by atoms with Crippen molar-refractivity contribution in [3.8, 4) is 22.8 Å². The lowest BCUT2D eigenvalue weighted by molar-refractivity contribution is -0.154. The molecule has 3 aromatic rings. The van der Waals surface area contributed by atoms with Gasteiger partial charge in [-0.2, -0.15) is 0 Å². The number of hydrogen-bond acceptors (Lipinski definition) is 9. The fraction of sp³-hybridized carbons (Fsp3) is 0.261. The van der Waals surface area contributed by atoms with Gasteiger partial charge in [-0.1, -0.05) is 35.9 Å². The molecule has 0 radical (unpaired) electrons. The van der Waals surface area contributed by atoms with E-state index in [1.807, 2.05) is 24.3 Å². The molecule has 1 atom stereocenters. The number of aliphatic hydroxyl groups excluding tert-OH is 1. The maximum absolute atomic E-state index is 12.5. The van der Waals surface area contributed by atoms with Crippen LogP contribution in [0.15, 0.2) is 53.1 Å². The van der Waals surface area contributed by atoms with Gasteiger partial charge in [0.15, 0.2) is 6.10 Å². The molecule has 3 N–H and O–H groups in total. The number of aromatic hydroxyl groups is 1. The number of nitrogens with one attached hydrogen (secondary N) is 1. The molecule has 11 heteroatoms. The van der Waals surface area contributed by atoms with Gasteiger partial charge in [0.25, 0.3) is 5.88 Å². The van der Waals surface area contributed by atoms with Gasteiger partial charge in [0.1, 0.15) is 5.75 Å². The number of aliphatic hydroxyl groups is 1. The van der Waals surface area contributed by atoms with E-state index in [0.717, 1.165) is 22.8 Å². The molecule has 0 bridgehead atoms. The highest BCUT2D eigenvalue weighted by Crippen LogP contribution is 2.32. The predicted molar refractivity (Wildman–Crippen MR) is 122 cm³/mol. The van der Waals surface area contributed by atoms with Crippen molar-refractivity contribution >= 4 is 23.5 Å². The van der Waals surface area contributed by atoms with E-state index in [2.05, 4.69) is 10.6 Å². The fourth-order valence-corrected chi connectivity index (χ4v) is 3.33. The van der Waals surface area contributed by atoms with E-state index in [-0.39, 0.29) is 25.5 Å². The smallest absolute Gasteiger partial charge is 0.336 e. The first-order valence-corrected chi connectivity index (χ1v) is 10.7. The van der Waals surface area contributed by atoms with Crippen LogP contribution in [0.3, 0.4) is 0 Å². The highest BCUT2D eigenvalue weighted by Gasteiger charge is 2.23. The van der Waals surface area contributed by atoms with E-state index in [9.17, 15) is 19.8 Å². The molecular formula is C23H24ClN3O7. The Morgan fingerprint density at radius 2 is 1.94 bits per heavy atom. The molecule has 0 aliphatic heterocycles. The average molecular weight is 490 g/mol. The Balaban J connectivity index is 1.78. The molecule has 2 aromatic carbocycles. The van der Waals surface area contributed by atoms with Gasteiger partial charge in [-0.15, -0.1) is 0 Å². The molecule has 34 heavy (non-hydrogen) atoms. The molecule has 1 heterocycles. The minimum absolute atomic E-state index is 0.105. The number of methoxy groups -OCH3 is 1. The highest BCUT2D eigenvalue weighted by molar-refractivity contribution is 6.31. The zero-order valence-electron chi connectivity index (χ0n) is 18.5. The minimum atomic E-state index is -1.50. The van der Waals surface area contributed by atoms with E-state index in [0.29, 0.717) is 10.8 Å². The summed E-state index contributed by atoms with van der Waals surface area (Å²) in [7, 11) is 1.57. The normalized spacial score (nSPS) is 11.8. The second-order valence-electron chi connectivity index (χ2n) is 7.18. The number of benzene rings is 2. The largest absolute Gasteiger partial charge is 0.496 e. The van der Waals surface area contributed by atoms with Crippen LogP contribution in [-0.4, -0.2) is 58.6 Å². The summed E-state index contributed by atoms with van der Waals surface area (Å²) in [6, 6.07) is 13.7. The molecule has 0 saturated heterocycles. The molecule has 0 saturated carbocycles. The molecular weight excluding hydrogens is 466 g/mol. The number of halogens is 1. The number of carbonyl (C=O) groups is 2. The van der Waals surface area contributed by atoms with E-state index in [4.69, 9.17) is 25.6 Å². The van der Waals surface area contributed by atoms with Gasteiger partial charge in [0.05, 0.1) is 26.3 Å². The van der Waals surface area contributed by atoms with Crippen LogP contribution in [-0.2, 0) is 16.1 Å². The van der Waals surface area contributed by atoms with Gasteiger partial charge in [-0.05, 0) is 41.4 Å². The number of rotatable bonds is 10. The lowest BCUT2D eigenvalue weighted by Gasteiger charge is -2.24. The van der Waals surface area contributed by atoms with Crippen molar-refractivity contribution in [3.63, 3.8) is 0 Å². The summed E-state index contributed by atoms with van der Waals surface area (Å²) in [6.45, 7) is 1.61. The summed E-state index contributed by atoms with van der Waals surface area (Å²) < 4.78 is 15.0. The molecule has 3 rings (SSSR count). The Morgan fingerprint density at radius 3 is 2.56 bits per heavy atom. The van der Waals surface area contributed by atoms with Crippen LogP contribution in [0, 0.1) is 0 Å². The van der Waals surface area contributed by atoms with Gasteiger partial charge in [0, 0.05) is 17.1 Å². The number of hydrazine groups is 1. The Kier molecular flexibility index (Phi) is 8.47. The van der Waals surface area contributed by atoms with Crippen molar-refractivity contribution in [2.45, 2.75) is 19.6 Å². The zero-order valence-corrected chi connectivity index (χ0v) is 19.3. The van der Waals surface area contributed by atoms with Gasteiger partial charge in [-0.25, -0.2) is 9.80 Å². The second-order valence-corrected chi connectivity index (χ2v) is 7.62. The van der Waals surface area contributed by atoms with Crippen LogP contribution < -0.4 is 10.2 Å². The molecule has 1 amide bonds.